The van der Waals surface area contributed by atoms with E-state index in [1.54, 1.807) is 24.3 Å². The molecule has 0 fully saturated rings. The van der Waals surface area contributed by atoms with Crippen LogP contribution in [0.25, 0.3) is 5.57 Å². The summed E-state index contributed by atoms with van der Waals surface area (Å²) in [4.78, 5) is 11.9. The Bertz CT molecular complexity index is 740. The smallest absolute Gasteiger partial charge is 0.227 e. The van der Waals surface area contributed by atoms with Crippen LogP contribution in [0.5, 0.6) is 0 Å². The average Bonchev–Trinajstić information content (AvgIpc) is 2.52. The highest BCUT2D eigenvalue weighted by molar-refractivity contribution is 6.30. The van der Waals surface area contributed by atoms with Gasteiger partial charge in [-0.1, -0.05) is 30.3 Å². The van der Waals surface area contributed by atoms with Crippen LogP contribution in [0.4, 0.5) is 16.0 Å². The number of nitrogens with one attached hydrogen (secondary N) is 1. The van der Waals surface area contributed by atoms with Crippen molar-refractivity contribution < 1.29 is 4.39 Å². The molecule has 0 saturated heterocycles. The molecule has 0 unspecified atom stereocenters. The molecule has 1 aromatic carbocycles. The second-order valence-corrected chi connectivity index (χ2v) is 4.67. The van der Waals surface area contributed by atoms with Gasteiger partial charge in [0.2, 0.25) is 11.9 Å². The van der Waals surface area contributed by atoms with Crippen molar-refractivity contribution in [2.24, 2.45) is 4.99 Å². The summed E-state index contributed by atoms with van der Waals surface area (Å²) in [6.07, 6.45) is 4.52. The Labute approximate surface area is 133 Å². The predicted molar refractivity (Wildman–Crippen MR) is 89.4 cm³/mol. The zero-order chi connectivity index (χ0) is 15.9. The standard InChI is InChI=1S/C16H14ClFN4/c1-3-5-13(15(18)19-2)14-8-9-20-16(22-14)21-12-7-4-6-11(17)10-12/h3-10H,1H2,2H3,(H,20,21,22)/b13-5+,19-15?. The van der Waals surface area contributed by atoms with Gasteiger partial charge < -0.3 is 5.32 Å². The molecule has 1 aromatic heterocycles. The van der Waals surface area contributed by atoms with E-state index in [-0.39, 0.29) is 5.57 Å². The first kappa shape index (κ1) is 15.9. The molecule has 2 aromatic rings. The fourth-order valence-corrected chi connectivity index (χ4v) is 1.95. The van der Waals surface area contributed by atoms with Gasteiger partial charge in [0.1, 0.15) is 0 Å². The molecule has 1 heterocycles. The molecular weight excluding hydrogens is 303 g/mol. The van der Waals surface area contributed by atoms with Crippen LogP contribution in [-0.2, 0) is 0 Å². The number of allylic oxidation sites excluding steroid dienone is 3. The summed E-state index contributed by atoms with van der Waals surface area (Å²) < 4.78 is 13.8. The van der Waals surface area contributed by atoms with Crippen LogP contribution >= 0.6 is 11.6 Å². The fourth-order valence-electron chi connectivity index (χ4n) is 1.76. The SMILES string of the molecule is C=C/C=C(/C(F)=NC)c1ccnc(Nc2cccc(Cl)c2)n1. The van der Waals surface area contributed by atoms with Crippen LogP contribution in [0, 0.1) is 0 Å². The van der Waals surface area contributed by atoms with Gasteiger partial charge >= 0.3 is 0 Å². The number of hydrogen-bond donors (Lipinski definition) is 1. The van der Waals surface area contributed by atoms with Crippen LogP contribution in [0.15, 0.2) is 60.3 Å². The van der Waals surface area contributed by atoms with E-state index in [0.29, 0.717) is 16.7 Å². The van der Waals surface area contributed by atoms with Crippen LogP contribution in [0.3, 0.4) is 0 Å². The number of anilines is 2. The minimum Gasteiger partial charge on any atom is -0.324 e. The second-order valence-electron chi connectivity index (χ2n) is 4.23. The first-order valence-electron chi connectivity index (χ1n) is 6.45. The van der Waals surface area contributed by atoms with Crippen molar-refractivity contribution in [1.29, 1.82) is 0 Å². The van der Waals surface area contributed by atoms with Gasteiger partial charge in [-0.25, -0.2) is 9.97 Å². The first-order chi connectivity index (χ1) is 10.6. The molecule has 0 aliphatic rings. The largest absolute Gasteiger partial charge is 0.324 e. The zero-order valence-electron chi connectivity index (χ0n) is 11.9. The normalized spacial score (nSPS) is 12.1. The number of benzene rings is 1. The van der Waals surface area contributed by atoms with Crippen molar-refractivity contribution in [2.45, 2.75) is 0 Å². The van der Waals surface area contributed by atoms with E-state index >= 15 is 0 Å². The van der Waals surface area contributed by atoms with Gasteiger partial charge in [-0.05, 0) is 30.3 Å². The van der Waals surface area contributed by atoms with Crippen molar-refractivity contribution >= 4 is 34.8 Å². The van der Waals surface area contributed by atoms with E-state index in [1.165, 1.54) is 25.4 Å². The Balaban J connectivity index is 2.33. The van der Waals surface area contributed by atoms with E-state index in [4.69, 9.17) is 11.6 Å². The minimum absolute atomic E-state index is 0.244. The number of rotatable bonds is 5. The molecule has 0 spiro atoms. The van der Waals surface area contributed by atoms with Crippen LogP contribution in [0.2, 0.25) is 5.02 Å². The van der Waals surface area contributed by atoms with Crippen LogP contribution in [0.1, 0.15) is 5.69 Å². The molecule has 0 bridgehead atoms. The summed E-state index contributed by atoms with van der Waals surface area (Å²) >= 11 is 5.93. The molecule has 0 aliphatic carbocycles. The van der Waals surface area contributed by atoms with Gasteiger partial charge in [0.05, 0.1) is 11.3 Å². The minimum atomic E-state index is -0.618. The van der Waals surface area contributed by atoms with E-state index in [2.05, 4.69) is 26.9 Å². The molecule has 0 amide bonds. The fraction of sp³-hybridized carbons (Fsp3) is 0.0625. The lowest BCUT2D eigenvalue weighted by molar-refractivity contribution is 0.812. The van der Waals surface area contributed by atoms with E-state index in [0.717, 1.165) is 5.69 Å². The van der Waals surface area contributed by atoms with E-state index in [1.807, 2.05) is 6.07 Å². The molecule has 1 N–H and O–H groups in total. The predicted octanol–water partition coefficient (Wildman–Crippen LogP) is 4.44. The monoisotopic (exact) mass is 316 g/mol. The van der Waals surface area contributed by atoms with Gasteiger partial charge in [-0.15, -0.1) is 0 Å². The summed E-state index contributed by atoms with van der Waals surface area (Å²) in [5, 5.41) is 3.61. The molecule has 0 radical (unpaired) electrons. The summed E-state index contributed by atoms with van der Waals surface area (Å²) in [6.45, 7) is 3.57. The quantitative estimate of drug-likeness (QED) is 0.655. The molecule has 6 heteroatoms. The van der Waals surface area contributed by atoms with Gasteiger partial charge in [0.15, 0.2) is 0 Å². The third-order valence-corrected chi connectivity index (χ3v) is 2.95. The Morgan fingerprint density at radius 1 is 1.41 bits per heavy atom. The van der Waals surface area contributed by atoms with E-state index < -0.39 is 5.97 Å². The third-order valence-electron chi connectivity index (χ3n) is 2.72. The van der Waals surface area contributed by atoms with Gasteiger partial charge in [-0.3, -0.25) is 4.99 Å². The number of nitrogens with zero attached hydrogens (tertiary/aromatic N) is 3. The topological polar surface area (TPSA) is 50.2 Å². The van der Waals surface area contributed by atoms with Crippen LogP contribution < -0.4 is 5.32 Å². The highest BCUT2D eigenvalue weighted by Gasteiger charge is 2.11. The molecule has 4 nitrogen and oxygen atoms in total. The number of aliphatic imine (C=N–C) groups is 1. The van der Waals surface area contributed by atoms with Gasteiger partial charge in [0.25, 0.3) is 0 Å². The van der Waals surface area contributed by atoms with Crippen molar-refractivity contribution in [2.75, 3.05) is 12.4 Å². The van der Waals surface area contributed by atoms with Gasteiger partial charge in [-0.2, -0.15) is 4.39 Å². The maximum atomic E-state index is 13.8. The number of halogens is 2. The highest BCUT2D eigenvalue weighted by atomic mass is 35.5. The first-order valence-corrected chi connectivity index (χ1v) is 6.83. The molecule has 112 valence electrons. The number of aromatic nitrogens is 2. The second kappa shape index (κ2) is 7.47. The summed E-state index contributed by atoms with van der Waals surface area (Å²) in [5.41, 5.74) is 1.39. The highest BCUT2D eigenvalue weighted by Crippen LogP contribution is 2.20. The average molecular weight is 317 g/mol. The van der Waals surface area contributed by atoms with E-state index in [9.17, 15) is 4.39 Å². The van der Waals surface area contributed by atoms with Crippen molar-refractivity contribution in [1.82, 2.24) is 9.97 Å². The molecule has 0 saturated carbocycles. The zero-order valence-corrected chi connectivity index (χ0v) is 12.7. The summed E-state index contributed by atoms with van der Waals surface area (Å²) in [5.74, 6) is -0.286. The summed E-state index contributed by atoms with van der Waals surface area (Å²) in [6, 6.07) is 8.74. The molecule has 22 heavy (non-hydrogen) atoms. The lowest BCUT2D eigenvalue weighted by Gasteiger charge is -2.07. The van der Waals surface area contributed by atoms with Gasteiger partial charge in [0, 0.05) is 24.0 Å². The van der Waals surface area contributed by atoms with Crippen molar-refractivity contribution in [3.05, 3.63) is 66.0 Å². The molecule has 2 rings (SSSR count). The summed E-state index contributed by atoms with van der Waals surface area (Å²) in [7, 11) is 1.37. The number of hydrogen-bond acceptors (Lipinski definition) is 4. The van der Waals surface area contributed by atoms with Crippen molar-refractivity contribution in [3.8, 4) is 0 Å². The lowest BCUT2D eigenvalue weighted by atomic mass is 10.1. The molecular formula is C16H14ClFN4. The maximum Gasteiger partial charge on any atom is 0.227 e. The third kappa shape index (κ3) is 3.99. The Hall–Kier alpha value is -2.53. The molecule has 0 aliphatic heterocycles. The Morgan fingerprint density at radius 3 is 2.91 bits per heavy atom. The maximum absolute atomic E-state index is 13.8. The van der Waals surface area contributed by atoms with Crippen LogP contribution in [-0.4, -0.2) is 23.0 Å². The Morgan fingerprint density at radius 2 is 2.23 bits per heavy atom. The Kier molecular flexibility index (Phi) is 5.38. The van der Waals surface area contributed by atoms with Crippen molar-refractivity contribution in [3.63, 3.8) is 0 Å². The molecule has 0 atom stereocenters. The lowest BCUT2D eigenvalue weighted by Crippen LogP contribution is -2.02.